The number of likely N-dealkylation sites (N-methyl/N-ethyl adjacent to an activating group) is 1. The molecule has 0 fully saturated rings. The molecule has 0 aliphatic rings. The number of carbonyl (C=O) groups is 1. The molecule has 0 spiro atoms. The topological polar surface area (TPSA) is 97.7 Å². The molecular formula is C20H22ClN3O5. The van der Waals surface area contributed by atoms with Crippen LogP contribution in [0.15, 0.2) is 33.5 Å². The molecule has 0 unspecified atom stereocenters. The van der Waals surface area contributed by atoms with E-state index in [1.807, 2.05) is 24.1 Å². The standard InChI is InChI=1S/C20H22ClN3O5/c1-4-27-20(26)16-12(2)29-19-17(16)18(25)22-15(23-19)11-24(3)9-10-28-14-8-6-5-7-13(14)21/h5-8H,4,9-11H2,1-3H3,(H,22,23,25). The number of para-hydroxylation sites is 1. The molecule has 0 saturated carbocycles. The van der Waals surface area contributed by atoms with Crippen LogP contribution < -0.4 is 10.3 Å². The van der Waals surface area contributed by atoms with E-state index in [0.29, 0.717) is 42.1 Å². The number of hydrogen-bond acceptors (Lipinski definition) is 7. The number of benzene rings is 1. The van der Waals surface area contributed by atoms with Gasteiger partial charge in [0.25, 0.3) is 5.56 Å². The van der Waals surface area contributed by atoms with Crippen LogP contribution >= 0.6 is 11.6 Å². The van der Waals surface area contributed by atoms with Crippen molar-refractivity contribution in [2.75, 3.05) is 26.8 Å². The Balaban J connectivity index is 1.69. The summed E-state index contributed by atoms with van der Waals surface area (Å²) in [6.07, 6.45) is 0. The van der Waals surface area contributed by atoms with Gasteiger partial charge in [-0.15, -0.1) is 0 Å². The highest BCUT2D eigenvalue weighted by atomic mass is 35.5. The molecule has 8 nitrogen and oxygen atoms in total. The first kappa shape index (κ1) is 20.9. The van der Waals surface area contributed by atoms with E-state index < -0.39 is 11.5 Å². The Morgan fingerprint density at radius 3 is 2.83 bits per heavy atom. The van der Waals surface area contributed by atoms with Gasteiger partial charge in [-0.3, -0.25) is 9.69 Å². The number of furan rings is 1. The third-order valence-corrected chi connectivity index (χ3v) is 4.57. The fourth-order valence-electron chi connectivity index (χ4n) is 2.90. The van der Waals surface area contributed by atoms with E-state index in [1.165, 1.54) is 0 Å². The van der Waals surface area contributed by atoms with Gasteiger partial charge in [0, 0.05) is 6.54 Å². The Morgan fingerprint density at radius 2 is 2.10 bits per heavy atom. The summed E-state index contributed by atoms with van der Waals surface area (Å²) in [5.74, 6) is 0.743. The summed E-state index contributed by atoms with van der Waals surface area (Å²) in [4.78, 5) is 33.7. The highest BCUT2D eigenvalue weighted by Gasteiger charge is 2.23. The minimum Gasteiger partial charge on any atom is -0.491 e. The molecule has 154 valence electrons. The van der Waals surface area contributed by atoms with Crippen LogP contribution in [0.4, 0.5) is 0 Å². The molecule has 0 bridgehead atoms. The Bertz CT molecular complexity index is 1080. The zero-order valence-electron chi connectivity index (χ0n) is 16.5. The molecule has 29 heavy (non-hydrogen) atoms. The molecule has 3 rings (SSSR count). The van der Waals surface area contributed by atoms with Gasteiger partial charge in [-0.25, -0.2) is 4.79 Å². The van der Waals surface area contributed by atoms with Gasteiger partial charge in [-0.1, -0.05) is 23.7 Å². The van der Waals surface area contributed by atoms with E-state index in [1.54, 1.807) is 26.0 Å². The highest BCUT2D eigenvalue weighted by molar-refractivity contribution is 6.32. The van der Waals surface area contributed by atoms with Crippen molar-refractivity contribution in [2.45, 2.75) is 20.4 Å². The number of aromatic amines is 1. The van der Waals surface area contributed by atoms with Crippen molar-refractivity contribution in [2.24, 2.45) is 0 Å². The van der Waals surface area contributed by atoms with Gasteiger partial charge >= 0.3 is 5.97 Å². The largest absolute Gasteiger partial charge is 0.491 e. The monoisotopic (exact) mass is 419 g/mol. The van der Waals surface area contributed by atoms with Crippen LogP contribution in [0, 0.1) is 6.92 Å². The van der Waals surface area contributed by atoms with Crippen molar-refractivity contribution >= 4 is 28.7 Å². The molecule has 0 saturated heterocycles. The Labute approximate surface area is 172 Å². The van der Waals surface area contributed by atoms with Gasteiger partial charge in [0.15, 0.2) is 0 Å². The smallest absolute Gasteiger partial charge is 0.342 e. The molecule has 0 amide bonds. The zero-order valence-corrected chi connectivity index (χ0v) is 17.2. The third-order valence-electron chi connectivity index (χ3n) is 4.25. The first-order valence-electron chi connectivity index (χ1n) is 9.16. The summed E-state index contributed by atoms with van der Waals surface area (Å²) >= 11 is 6.07. The number of carbonyl (C=O) groups excluding carboxylic acids is 1. The number of nitrogens with one attached hydrogen (secondary N) is 1. The number of ether oxygens (including phenoxy) is 2. The van der Waals surface area contributed by atoms with E-state index in [-0.39, 0.29) is 23.3 Å². The van der Waals surface area contributed by atoms with Crippen LogP contribution in [-0.4, -0.2) is 47.6 Å². The predicted molar refractivity (Wildman–Crippen MR) is 109 cm³/mol. The van der Waals surface area contributed by atoms with Gasteiger partial charge in [0.1, 0.15) is 34.9 Å². The number of rotatable bonds is 8. The first-order valence-corrected chi connectivity index (χ1v) is 9.53. The van der Waals surface area contributed by atoms with E-state index in [4.69, 9.17) is 25.5 Å². The van der Waals surface area contributed by atoms with Gasteiger partial charge < -0.3 is 18.9 Å². The van der Waals surface area contributed by atoms with Crippen LogP contribution in [0.25, 0.3) is 11.1 Å². The molecule has 0 aliphatic heterocycles. The summed E-state index contributed by atoms with van der Waals surface area (Å²) in [7, 11) is 1.87. The van der Waals surface area contributed by atoms with Crippen LogP contribution in [0.1, 0.15) is 28.9 Å². The molecule has 9 heteroatoms. The van der Waals surface area contributed by atoms with Crippen LogP contribution in [0.5, 0.6) is 5.75 Å². The number of nitrogens with zero attached hydrogens (tertiary/aromatic N) is 2. The minimum absolute atomic E-state index is 0.106. The van der Waals surface area contributed by atoms with E-state index in [0.717, 1.165) is 0 Å². The number of esters is 1. The lowest BCUT2D eigenvalue weighted by molar-refractivity contribution is 0.0526. The Kier molecular flexibility index (Phi) is 6.56. The van der Waals surface area contributed by atoms with E-state index in [2.05, 4.69) is 9.97 Å². The molecule has 0 atom stereocenters. The van der Waals surface area contributed by atoms with E-state index >= 15 is 0 Å². The number of fused-ring (bicyclic) bond motifs is 1. The summed E-state index contributed by atoms with van der Waals surface area (Å²) in [6, 6.07) is 7.25. The fraction of sp³-hybridized carbons (Fsp3) is 0.350. The van der Waals surface area contributed by atoms with Crippen molar-refractivity contribution in [1.82, 2.24) is 14.9 Å². The molecule has 2 heterocycles. The maximum Gasteiger partial charge on any atom is 0.342 e. The van der Waals surface area contributed by atoms with Gasteiger partial charge in [-0.2, -0.15) is 4.98 Å². The number of halogens is 1. The maximum absolute atomic E-state index is 12.5. The van der Waals surface area contributed by atoms with Gasteiger partial charge in [0.2, 0.25) is 5.71 Å². The second kappa shape index (κ2) is 9.11. The van der Waals surface area contributed by atoms with Crippen LogP contribution in [-0.2, 0) is 11.3 Å². The number of aryl methyl sites for hydroxylation is 1. The van der Waals surface area contributed by atoms with Crippen molar-refractivity contribution in [3.63, 3.8) is 0 Å². The lowest BCUT2D eigenvalue weighted by atomic mass is 10.2. The molecule has 1 N–H and O–H groups in total. The maximum atomic E-state index is 12.5. The molecule has 0 radical (unpaired) electrons. The number of H-pyrrole nitrogens is 1. The van der Waals surface area contributed by atoms with E-state index in [9.17, 15) is 9.59 Å². The third kappa shape index (κ3) is 4.78. The summed E-state index contributed by atoms with van der Waals surface area (Å²) < 4.78 is 16.2. The summed E-state index contributed by atoms with van der Waals surface area (Å²) in [5.41, 5.74) is -0.209. The minimum atomic E-state index is -0.599. The molecule has 2 aromatic heterocycles. The molecule has 1 aromatic carbocycles. The van der Waals surface area contributed by atoms with Gasteiger partial charge in [-0.05, 0) is 33.0 Å². The summed E-state index contributed by atoms with van der Waals surface area (Å²) in [5, 5.41) is 0.659. The first-order chi connectivity index (χ1) is 13.9. The number of hydrogen-bond donors (Lipinski definition) is 1. The van der Waals surface area contributed by atoms with Crippen LogP contribution in [0.2, 0.25) is 5.02 Å². The predicted octanol–water partition coefficient (Wildman–Crippen LogP) is 3.17. The number of aromatic nitrogens is 2. The average molecular weight is 420 g/mol. The van der Waals surface area contributed by atoms with Crippen molar-refractivity contribution in [3.8, 4) is 5.75 Å². The average Bonchev–Trinajstić information content (AvgIpc) is 3.00. The lowest BCUT2D eigenvalue weighted by Crippen LogP contribution is -2.26. The van der Waals surface area contributed by atoms with Crippen molar-refractivity contribution in [1.29, 1.82) is 0 Å². The van der Waals surface area contributed by atoms with Crippen molar-refractivity contribution < 1.29 is 18.7 Å². The zero-order chi connectivity index (χ0) is 21.0. The van der Waals surface area contributed by atoms with Gasteiger partial charge in [0.05, 0.1) is 18.2 Å². The SMILES string of the molecule is CCOC(=O)c1c(C)oc2nc(CN(C)CCOc3ccccc3Cl)[nH]c(=O)c12. The Hall–Kier alpha value is -2.84. The summed E-state index contributed by atoms with van der Waals surface area (Å²) in [6.45, 7) is 4.87. The van der Waals surface area contributed by atoms with Crippen LogP contribution in [0.3, 0.4) is 0 Å². The lowest BCUT2D eigenvalue weighted by Gasteiger charge is -2.16. The Morgan fingerprint density at radius 1 is 1.34 bits per heavy atom. The fourth-order valence-corrected chi connectivity index (χ4v) is 3.09. The second-order valence-corrected chi connectivity index (χ2v) is 6.87. The highest BCUT2D eigenvalue weighted by Crippen LogP contribution is 2.23. The van der Waals surface area contributed by atoms with Crippen molar-refractivity contribution in [3.05, 3.63) is 56.8 Å². The molecular weight excluding hydrogens is 398 g/mol. The second-order valence-electron chi connectivity index (χ2n) is 6.46. The molecule has 3 aromatic rings. The molecule has 0 aliphatic carbocycles. The quantitative estimate of drug-likeness (QED) is 0.560. The normalized spacial score (nSPS) is 11.2.